The highest BCUT2D eigenvalue weighted by Crippen LogP contribution is 2.46. The van der Waals surface area contributed by atoms with Crippen molar-refractivity contribution in [3.8, 4) is 28.0 Å². The molecule has 0 radical (unpaired) electrons. The number of hydrogen-bond donors (Lipinski definition) is 0. The average molecular weight is 803 g/mol. The highest BCUT2D eigenvalue weighted by Gasteiger charge is 2.22. The smallest absolute Gasteiger partial charge is 0.135 e. The summed E-state index contributed by atoms with van der Waals surface area (Å²) in [6, 6.07) is 63.6. The predicted octanol–water partition coefficient (Wildman–Crippen LogP) is 16.9. The van der Waals surface area contributed by atoms with E-state index in [0.29, 0.717) is 5.76 Å². The molecular formula is C61H38O2. The van der Waals surface area contributed by atoms with Crippen LogP contribution in [-0.4, -0.2) is 0 Å². The summed E-state index contributed by atoms with van der Waals surface area (Å²) >= 11 is 0. The fraction of sp³-hybridized carbons (Fsp3) is 0.0164. The van der Waals surface area contributed by atoms with Gasteiger partial charge in [-0.2, -0.15) is 0 Å². The lowest BCUT2D eigenvalue weighted by Gasteiger charge is -2.20. The van der Waals surface area contributed by atoms with Crippen LogP contribution in [0.1, 0.15) is 17.5 Å². The number of rotatable bonds is 3. The molecule has 1 aliphatic heterocycles. The van der Waals surface area contributed by atoms with Crippen LogP contribution in [0.2, 0.25) is 0 Å². The van der Waals surface area contributed by atoms with E-state index < -0.39 is 0 Å². The summed E-state index contributed by atoms with van der Waals surface area (Å²) in [7, 11) is 0. The lowest BCUT2D eigenvalue weighted by Crippen LogP contribution is -1.98. The van der Waals surface area contributed by atoms with Gasteiger partial charge in [0.15, 0.2) is 0 Å². The van der Waals surface area contributed by atoms with E-state index in [4.69, 9.17) is 9.15 Å². The topological polar surface area (TPSA) is 22.4 Å². The third-order valence-electron chi connectivity index (χ3n) is 13.3. The maximum atomic E-state index is 6.99. The first-order valence-corrected chi connectivity index (χ1v) is 21.6. The first kappa shape index (κ1) is 35.5. The molecule has 10 aromatic carbocycles. The molecule has 2 heterocycles. The zero-order valence-corrected chi connectivity index (χ0v) is 34.4. The van der Waals surface area contributed by atoms with E-state index in [-0.39, 0.29) is 0 Å². The summed E-state index contributed by atoms with van der Waals surface area (Å²) in [6.45, 7) is 4.44. The Balaban J connectivity index is 0.985. The van der Waals surface area contributed by atoms with Gasteiger partial charge in [0.2, 0.25) is 0 Å². The molecule has 0 spiro atoms. The number of hydrogen-bond acceptors (Lipinski definition) is 2. The molecule has 294 valence electrons. The minimum Gasteiger partial charge on any atom is -0.457 e. The zero-order chi connectivity index (χ0) is 41.6. The molecule has 13 rings (SSSR count). The van der Waals surface area contributed by atoms with Crippen LogP contribution in [0.5, 0.6) is 5.75 Å². The van der Waals surface area contributed by atoms with Crippen molar-refractivity contribution in [1.29, 1.82) is 0 Å². The van der Waals surface area contributed by atoms with Crippen molar-refractivity contribution in [2.24, 2.45) is 0 Å². The van der Waals surface area contributed by atoms with Crippen molar-refractivity contribution < 1.29 is 9.15 Å². The lowest BCUT2D eigenvalue weighted by molar-refractivity contribution is 0.452. The fourth-order valence-electron chi connectivity index (χ4n) is 10.4. The maximum absolute atomic E-state index is 6.99. The van der Waals surface area contributed by atoms with Gasteiger partial charge in [-0.25, -0.2) is 0 Å². The molecule has 2 nitrogen and oxygen atoms in total. The number of benzene rings is 10. The normalized spacial score (nSPS) is 14.0. The molecule has 2 aliphatic rings. The van der Waals surface area contributed by atoms with Crippen LogP contribution < -0.4 is 4.74 Å². The molecule has 63 heavy (non-hydrogen) atoms. The predicted molar refractivity (Wildman–Crippen MR) is 266 cm³/mol. The Morgan fingerprint density at radius 1 is 0.413 bits per heavy atom. The van der Waals surface area contributed by atoms with Crippen LogP contribution in [0.25, 0.3) is 109 Å². The molecule has 0 saturated carbocycles. The zero-order valence-electron chi connectivity index (χ0n) is 34.4. The summed E-state index contributed by atoms with van der Waals surface area (Å²) in [5.41, 5.74) is 12.3. The van der Waals surface area contributed by atoms with E-state index in [1.165, 1.54) is 65.7 Å². The maximum Gasteiger partial charge on any atom is 0.135 e. The molecule has 2 bridgehead atoms. The van der Waals surface area contributed by atoms with Crippen LogP contribution in [0.15, 0.2) is 229 Å². The molecular weight excluding hydrogens is 765 g/mol. The van der Waals surface area contributed by atoms with Gasteiger partial charge in [-0.15, -0.1) is 0 Å². The molecule has 0 saturated heterocycles. The first-order chi connectivity index (χ1) is 31.1. The Morgan fingerprint density at radius 3 is 1.63 bits per heavy atom. The van der Waals surface area contributed by atoms with E-state index >= 15 is 0 Å². The molecule has 0 amide bonds. The average Bonchev–Trinajstić information content (AvgIpc) is 3.48. The lowest BCUT2D eigenvalue weighted by atomic mass is 9.84. The van der Waals surface area contributed by atoms with Gasteiger partial charge in [0.25, 0.3) is 0 Å². The second kappa shape index (κ2) is 13.9. The fourth-order valence-corrected chi connectivity index (χ4v) is 10.4. The Hall–Kier alpha value is -8.20. The summed E-state index contributed by atoms with van der Waals surface area (Å²) in [5, 5.41) is 14.0. The van der Waals surface area contributed by atoms with Gasteiger partial charge in [-0.3, -0.25) is 0 Å². The SMILES string of the molecule is C=C1C=CC(c2ccc3oc4ccc(-c5ccc6ccccc6c5)c5cccc(c6cccc2c36)c45)=C2C=CC=C(C2)c2cccc3c(-c4ccc5ccccc5c4)ccc(c23)O1. The van der Waals surface area contributed by atoms with Gasteiger partial charge in [0.1, 0.15) is 22.7 Å². The molecule has 0 unspecified atom stereocenters. The largest absolute Gasteiger partial charge is 0.457 e. The molecule has 1 aromatic heterocycles. The first-order valence-electron chi connectivity index (χ1n) is 21.6. The van der Waals surface area contributed by atoms with Gasteiger partial charge in [0.05, 0.1) is 0 Å². The van der Waals surface area contributed by atoms with Crippen molar-refractivity contribution in [2.75, 3.05) is 0 Å². The van der Waals surface area contributed by atoms with Crippen LogP contribution in [-0.2, 0) is 0 Å². The van der Waals surface area contributed by atoms with Gasteiger partial charge in [-0.05, 0) is 141 Å². The third-order valence-corrected chi connectivity index (χ3v) is 13.3. The quantitative estimate of drug-likeness (QED) is 0.178. The van der Waals surface area contributed by atoms with Gasteiger partial charge in [-0.1, -0.05) is 176 Å². The minimum atomic E-state index is 0.573. The van der Waals surface area contributed by atoms with Crippen molar-refractivity contribution in [2.45, 2.75) is 6.42 Å². The van der Waals surface area contributed by atoms with E-state index in [1.54, 1.807) is 0 Å². The summed E-state index contributed by atoms with van der Waals surface area (Å²) in [5.74, 6) is 1.37. The molecule has 11 aromatic rings. The van der Waals surface area contributed by atoms with Crippen molar-refractivity contribution >= 4 is 86.9 Å². The highest BCUT2D eigenvalue weighted by molar-refractivity contribution is 6.26. The number of allylic oxidation sites excluding steroid dienone is 8. The van der Waals surface area contributed by atoms with Gasteiger partial charge in [0, 0.05) is 16.2 Å². The molecule has 0 atom stereocenters. The van der Waals surface area contributed by atoms with Crippen LogP contribution in [0.4, 0.5) is 0 Å². The summed E-state index contributed by atoms with van der Waals surface area (Å²) in [4.78, 5) is 0. The van der Waals surface area contributed by atoms with E-state index in [2.05, 4.69) is 207 Å². The molecule has 1 aliphatic carbocycles. The van der Waals surface area contributed by atoms with Gasteiger partial charge >= 0.3 is 0 Å². The van der Waals surface area contributed by atoms with E-state index in [0.717, 1.165) is 72.4 Å². The van der Waals surface area contributed by atoms with Crippen molar-refractivity contribution in [1.82, 2.24) is 0 Å². The van der Waals surface area contributed by atoms with Crippen molar-refractivity contribution in [3.63, 3.8) is 0 Å². The van der Waals surface area contributed by atoms with Crippen molar-refractivity contribution in [3.05, 3.63) is 235 Å². The summed E-state index contributed by atoms with van der Waals surface area (Å²) < 4.78 is 13.7. The molecule has 0 fully saturated rings. The Bertz CT molecular complexity index is 3920. The van der Waals surface area contributed by atoms with Crippen LogP contribution >= 0.6 is 0 Å². The monoisotopic (exact) mass is 802 g/mol. The second-order valence-corrected chi connectivity index (χ2v) is 16.8. The highest BCUT2D eigenvalue weighted by atomic mass is 16.5. The van der Waals surface area contributed by atoms with E-state index in [9.17, 15) is 0 Å². The van der Waals surface area contributed by atoms with Gasteiger partial charge < -0.3 is 9.15 Å². The Kier molecular flexibility index (Phi) is 7.85. The molecule has 2 heteroatoms. The molecule has 0 N–H and O–H groups in total. The standard InChI is InChI=1S/C61H38O2/c1-37-22-27-46(42-14-6-15-43(36-42)49-16-7-17-51-47(28-31-56(62-37)59(49)51)44-25-23-38-10-2-4-12-40(38)34-44)50-30-33-58-61-53(50)19-9-21-55(61)54-20-8-18-52-48(29-32-57(63-58)60(52)54)45-26-24-39-11-3-5-13-41(39)35-45/h2-35H,1,36H2. The van der Waals surface area contributed by atoms with E-state index in [1.807, 2.05) is 6.08 Å². The van der Waals surface area contributed by atoms with Crippen LogP contribution in [0.3, 0.4) is 0 Å². The Morgan fingerprint density at radius 2 is 0.968 bits per heavy atom. The third kappa shape index (κ3) is 5.65. The Labute approximate surface area is 364 Å². The second-order valence-electron chi connectivity index (χ2n) is 16.8. The number of fused-ring (bicyclic) bond motifs is 6. The van der Waals surface area contributed by atoms with Crippen LogP contribution in [0, 0.1) is 0 Å². The number of ether oxygens (including phenoxy) is 1. The minimum absolute atomic E-state index is 0.573. The summed E-state index contributed by atoms with van der Waals surface area (Å²) in [6.07, 6.45) is 11.7.